The van der Waals surface area contributed by atoms with Crippen LogP contribution in [-0.2, 0) is 9.59 Å². The Morgan fingerprint density at radius 3 is 2.42 bits per heavy atom. The molecule has 1 N–H and O–H groups in total. The van der Waals surface area contributed by atoms with Crippen LogP contribution in [0.25, 0.3) is 0 Å². The van der Waals surface area contributed by atoms with Gasteiger partial charge in [-0.2, -0.15) is 0 Å². The van der Waals surface area contributed by atoms with Crippen molar-refractivity contribution in [3.8, 4) is 0 Å². The van der Waals surface area contributed by atoms with Crippen molar-refractivity contribution in [1.29, 1.82) is 0 Å². The van der Waals surface area contributed by atoms with E-state index in [2.05, 4.69) is 22.4 Å². The number of anilines is 2. The van der Waals surface area contributed by atoms with E-state index in [4.69, 9.17) is 0 Å². The van der Waals surface area contributed by atoms with E-state index in [0.717, 1.165) is 41.9 Å². The maximum atomic E-state index is 13.8. The first-order valence-corrected chi connectivity index (χ1v) is 11.6. The maximum absolute atomic E-state index is 13.8. The molecule has 3 aliphatic rings. The summed E-state index contributed by atoms with van der Waals surface area (Å²) in [4.78, 5) is 33.7. The Kier molecular flexibility index (Phi) is 4.83. The molecule has 6 rings (SSSR count). The number of Topliss-reactive ketones (excluding diaryl/α,β-unsaturated/α-hetero) is 1. The van der Waals surface area contributed by atoms with Crippen molar-refractivity contribution in [1.82, 2.24) is 4.98 Å². The molecular weight excluding hydrogens is 410 g/mol. The van der Waals surface area contributed by atoms with E-state index in [-0.39, 0.29) is 23.5 Å². The van der Waals surface area contributed by atoms with Gasteiger partial charge in [0.2, 0.25) is 5.91 Å². The molecular formula is C28H25N3O2. The molecule has 5 nitrogen and oxygen atoms in total. The highest BCUT2D eigenvalue weighted by Gasteiger charge is 2.45. The molecule has 2 heterocycles. The average Bonchev–Trinajstić information content (AvgIpc) is 3.71. The second kappa shape index (κ2) is 8.00. The van der Waals surface area contributed by atoms with Crippen molar-refractivity contribution in [3.05, 3.63) is 102 Å². The molecule has 5 heteroatoms. The Hall–Kier alpha value is -3.73. The number of nitrogens with zero attached hydrogens (tertiary/aromatic N) is 2. The van der Waals surface area contributed by atoms with E-state index in [0.29, 0.717) is 12.0 Å². The minimum absolute atomic E-state index is 0.0233. The lowest BCUT2D eigenvalue weighted by Crippen LogP contribution is -2.39. The lowest BCUT2D eigenvalue weighted by molar-refractivity contribution is -0.120. The topological polar surface area (TPSA) is 62.3 Å². The molecule has 2 unspecified atom stereocenters. The molecule has 1 aliphatic heterocycles. The Balaban J connectivity index is 1.54. The van der Waals surface area contributed by atoms with E-state index in [1.165, 1.54) is 5.56 Å². The number of rotatable bonds is 3. The molecule has 0 radical (unpaired) electrons. The van der Waals surface area contributed by atoms with E-state index in [1.54, 1.807) is 12.4 Å². The molecule has 1 fully saturated rings. The fraction of sp³-hybridized carbons (Fsp3) is 0.250. The second-order valence-corrected chi connectivity index (χ2v) is 9.14. The smallest absolute Gasteiger partial charge is 0.231 e. The Morgan fingerprint density at radius 2 is 1.67 bits per heavy atom. The van der Waals surface area contributed by atoms with Gasteiger partial charge in [0.15, 0.2) is 5.78 Å². The van der Waals surface area contributed by atoms with Crippen LogP contribution >= 0.6 is 0 Å². The van der Waals surface area contributed by atoms with Crippen LogP contribution in [0.3, 0.4) is 0 Å². The fourth-order valence-corrected chi connectivity index (χ4v) is 5.17. The van der Waals surface area contributed by atoms with E-state index < -0.39 is 6.04 Å². The summed E-state index contributed by atoms with van der Waals surface area (Å²) in [5.74, 6) is 0.310. The Bertz CT molecular complexity index is 1250. The standard InChI is InChI=1S/C28H25N3O2/c32-25-16-21(18-7-2-1-3-8-18)15-23-26(25)27(20-9-6-14-29-17-20)31(28(33)19-12-13-19)24-11-5-4-10-22(24)30-23/h1-11,14,17,19,21,27,30H,12-13,15-16H2. The molecule has 0 bridgehead atoms. The van der Waals surface area contributed by atoms with Crippen molar-refractivity contribution in [2.24, 2.45) is 5.92 Å². The number of allylic oxidation sites excluding steroid dienone is 1. The van der Waals surface area contributed by atoms with Gasteiger partial charge in [-0.25, -0.2) is 0 Å². The first-order valence-electron chi connectivity index (χ1n) is 11.6. The van der Waals surface area contributed by atoms with Crippen molar-refractivity contribution in [2.75, 3.05) is 10.2 Å². The van der Waals surface area contributed by atoms with Crippen LogP contribution in [-0.4, -0.2) is 16.7 Å². The van der Waals surface area contributed by atoms with Crippen LogP contribution in [0.1, 0.15) is 48.8 Å². The number of para-hydroxylation sites is 2. The largest absolute Gasteiger partial charge is 0.357 e. The van der Waals surface area contributed by atoms with Gasteiger partial charge in [0, 0.05) is 36.0 Å². The molecule has 1 amide bonds. The number of carbonyl (C=O) groups excluding carboxylic acids is 2. The van der Waals surface area contributed by atoms with Gasteiger partial charge in [-0.15, -0.1) is 0 Å². The van der Waals surface area contributed by atoms with E-state index in [9.17, 15) is 9.59 Å². The summed E-state index contributed by atoms with van der Waals surface area (Å²) >= 11 is 0. The summed E-state index contributed by atoms with van der Waals surface area (Å²) < 4.78 is 0. The summed E-state index contributed by atoms with van der Waals surface area (Å²) in [5, 5.41) is 3.58. The predicted molar refractivity (Wildman–Crippen MR) is 128 cm³/mol. The molecule has 33 heavy (non-hydrogen) atoms. The third kappa shape index (κ3) is 3.54. The SMILES string of the molecule is O=C1CC(c2ccccc2)CC2=C1C(c1cccnc1)N(C(=O)C1CC1)c1ccccc1N2. The molecule has 0 saturated heterocycles. The second-order valence-electron chi connectivity index (χ2n) is 9.14. The summed E-state index contributed by atoms with van der Waals surface area (Å²) in [6, 6.07) is 21.5. The van der Waals surface area contributed by atoms with Crippen molar-refractivity contribution >= 4 is 23.1 Å². The molecule has 2 aromatic carbocycles. The van der Waals surface area contributed by atoms with Crippen molar-refractivity contribution in [3.63, 3.8) is 0 Å². The monoisotopic (exact) mass is 435 g/mol. The highest BCUT2D eigenvalue weighted by molar-refractivity contribution is 6.07. The van der Waals surface area contributed by atoms with Crippen LogP contribution in [0.5, 0.6) is 0 Å². The molecule has 1 aromatic heterocycles. The van der Waals surface area contributed by atoms with Gasteiger partial charge in [-0.05, 0) is 54.5 Å². The van der Waals surface area contributed by atoms with Crippen molar-refractivity contribution in [2.45, 2.75) is 37.6 Å². The third-order valence-electron chi connectivity index (χ3n) is 6.92. The van der Waals surface area contributed by atoms with Gasteiger partial charge < -0.3 is 5.32 Å². The lowest BCUT2D eigenvalue weighted by Gasteiger charge is -2.35. The maximum Gasteiger partial charge on any atom is 0.231 e. The van der Waals surface area contributed by atoms with Crippen LogP contribution in [0.4, 0.5) is 11.4 Å². The number of ketones is 1. The van der Waals surface area contributed by atoms with Gasteiger partial charge in [-0.3, -0.25) is 19.5 Å². The minimum Gasteiger partial charge on any atom is -0.357 e. The Labute approximate surface area is 193 Å². The number of hydrogen-bond acceptors (Lipinski definition) is 4. The molecule has 2 aliphatic carbocycles. The number of hydrogen-bond donors (Lipinski definition) is 1. The number of carbonyl (C=O) groups is 2. The van der Waals surface area contributed by atoms with Crippen LogP contribution in [0, 0.1) is 5.92 Å². The van der Waals surface area contributed by atoms with Crippen molar-refractivity contribution < 1.29 is 9.59 Å². The number of pyridine rings is 1. The molecule has 164 valence electrons. The van der Waals surface area contributed by atoms with Crippen LogP contribution in [0.2, 0.25) is 0 Å². The number of aromatic nitrogens is 1. The number of benzene rings is 2. The highest BCUT2D eigenvalue weighted by atomic mass is 16.2. The van der Waals surface area contributed by atoms with Gasteiger partial charge in [-0.1, -0.05) is 48.5 Å². The molecule has 0 spiro atoms. The zero-order chi connectivity index (χ0) is 22.4. The zero-order valence-corrected chi connectivity index (χ0v) is 18.3. The predicted octanol–water partition coefficient (Wildman–Crippen LogP) is 5.39. The number of amides is 1. The molecule has 2 atom stereocenters. The third-order valence-corrected chi connectivity index (χ3v) is 6.92. The summed E-state index contributed by atoms with van der Waals surface area (Å²) in [7, 11) is 0. The first kappa shape index (κ1) is 19.9. The number of fused-ring (bicyclic) bond motifs is 1. The van der Waals surface area contributed by atoms with Gasteiger partial charge in [0.25, 0.3) is 0 Å². The summed E-state index contributed by atoms with van der Waals surface area (Å²) in [6.45, 7) is 0. The molecule has 3 aromatic rings. The fourth-order valence-electron chi connectivity index (χ4n) is 5.17. The minimum atomic E-state index is -0.484. The zero-order valence-electron chi connectivity index (χ0n) is 18.3. The average molecular weight is 436 g/mol. The van der Waals surface area contributed by atoms with E-state index >= 15 is 0 Å². The van der Waals surface area contributed by atoms with Gasteiger partial charge >= 0.3 is 0 Å². The summed E-state index contributed by atoms with van der Waals surface area (Å²) in [6.07, 6.45) is 6.47. The normalized spacial score (nSPS) is 22.2. The lowest BCUT2D eigenvalue weighted by atomic mass is 9.78. The first-order chi connectivity index (χ1) is 16.2. The quantitative estimate of drug-likeness (QED) is 0.599. The highest BCUT2D eigenvalue weighted by Crippen LogP contribution is 2.49. The number of nitrogens with one attached hydrogen (secondary N) is 1. The Morgan fingerprint density at radius 1 is 0.909 bits per heavy atom. The van der Waals surface area contributed by atoms with Crippen LogP contribution in [0.15, 0.2) is 90.4 Å². The molecule has 1 saturated carbocycles. The van der Waals surface area contributed by atoms with Gasteiger partial charge in [0.1, 0.15) is 0 Å². The van der Waals surface area contributed by atoms with Gasteiger partial charge in [0.05, 0.1) is 17.4 Å². The summed E-state index contributed by atoms with van der Waals surface area (Å²) in [5.41, 5.74) is 5.33. The van der Waals surface area contributed by atoms with Crippen LogP contribution < -0.4 is 10.2 Å². The van der Waals surface area contributed by atoms with E-state index in [1.807, 2.05) is 59.5 Å².